The van der Waals surface area contributed by atoms with E-state index >= 15 is 0 Å². The van der Waals surface area contributed by atoms with Crippen LogP contribution in [0.3, 0.4) is 0 Å². The third-order valence-electron chi connectivity index (χ3n) is 3.61. The van der Waals surface area contributed by atoms with E-state index in [1.165, 1.54) is 7.11 Å². The standard InChI is InChI=1S/C18H25N3O5.HI/c1-13-16(17(22)23-3)10-15(26-13)11-21-18(19-2)20-7-5-8-24-12-14-6-4-9-25-14;/h4,6,9-10H,5,7-8,11-12H2,1-3H3,(H2,19,20,21);1H. The van der Waals surface area contributed by atoms with Crippen LogP contribution in [0.1, 0.15) is 34.1 Å². The molecule has 0 aliphatic heterocycles. The number of nitrogens with one attached hydrogen (secondary N) is 2. The van der Waals surface area contributed by atoms with E-state index in [4.69, 9.17) is 18.3 Å². The van der Waals surface area contributed by atoms with Crippen molar-refractivity contribution >= 4 is 35.9 Å². The number of ether oxygens (including phenoxy) is 2. The minimum absolute atomic E-state index is 0. The second-order valence-corrected chi connectivity index (χ2v) is 5.51. The molecule has 0 saturated heterocycles. The predicted octanol–water partition coefficient (Wildman–Crippen LogP) is 2.86. The van der Waals surface area contributed by atoms with Crippen LogP contribution in [0, 0.1) is 6.92 Å². The first-order valence-electron chi connectivity index (χ1n) is 8.36. The summed E-state index contributed by atoms with van der Waals surface area (Å²) in [6.07, 6.45) is 2.46. The fraction of sp³-hybridized carbons (Fsp3) is 0.444. The molecule has 2 rings (SSSR count). The monoisotopic (exact) mass is 491 g/mol. The Kier molecular flexibility index (Phi) is 10.6. The van der Waals surface area contributed by atoms with Gasteiger partial charge in [-0.1, -0.05) is 0 Å². The van der Waals surface area contributed by atoms with Gasteiger partial charge in [-0.2, -0.15) is 0 Å². The van der Waals surface area contributed by atoms with E-state index in [2.05, 4.69) is 15.6 Å². The van der Waals surface area contributed by atoms with Crippen LogP contribution in [0.4, 0.5) is 0 Å². The van der Waals surface area contributed by atoms with Crippen molar-refractivity contribution in [2.75, 3.05) is 27.3 Å². The highest BCUT2D eigenvalue weighted by atomic mass is 127. The van der Waals surface area contributed by atoms with Crippen molar-refractivity contribution in [2.24, 2.45) is 4.99 Å². The van der Waals surface area contributed by atoms with Gasteiger partial charge in [-0.3, -0.25) is 4.99 Å². The Morgan fingerprint density at radius 2 is 2.11 bits per heavy atom. The summed E-state index contributed by atoms with van der Waals surface area (Å²) < 4.78 is 21.0. The minimum Gasteiger partial charge on any atom is -0.467 e. The highest BCUT2D eigenvalue weighted by molar-refractivity contribution is 14.0. The molecule has 8 nitrogen and oxygen atoms in total. The summed E-state index contributed by atoms with van der Waals surface area (Å²) in [7, 11) is 3.03. The van der Waals surface area contributed by atoms with Crippen LogP contribution in [-0.2, 0) is 22.6 Å². The minimum atomic E-state index is -0.408. The number of aliphatic imine (C=N–C) groups is 1. The second-order valence-electron chi connectivity index (χ2n) is 5.51. The Bertz CT molecular complexity index is 713. The third kappa shape index (κ3) is 7.63. The van der Waals surface area contributed by atoms with Gasteiger partial charge in [-0.15, -0.1) is 24.0 Å². The molecule has 0 fully saturated rings. The number of esters is 1. The first-order chi connectivity index (χ1) is 12.6. The van der Waals surface area contributed by atoms with Gasteiger partial charge < -0.3 is 28.9 Å². The molecular weight excluding hydrogens is 465 g/mol. The van der Waals surface area contributed by atoms with E-state index in [9.17, 15) is 4.79 Å². The second kappa shape index (κ2) is 12.4. The van der Waals surface area contributed by atoms with Gasteiger partial charge in [0.05, 0.1) is 19.9 Å². The number of furan rings is 2. The molecule has 0 amide bonds. The maximum atomic E-state index is 11.6. The Morgan fingerprint density at radius 3 is 2.78 bits per heavy atom. The molecule has 2 aromatic heterocycles. The molecule has 2 N–H and O–H groups in total. The molecule has 0 radical (unpaired) electrons. The van der Waals surface area contributed by atoms with E-state index in [-0.39, 0.29) is 24.0 Å². The van der Waals surface area contributed by atoms with Gasteiger partial charge in [0.25, 0.3) is 0 Å². The molecule has 0 unspecified atom stereocenters. The van der Waals surface area contributed by atoms with E-state index in [1.807, 2.05) is 12.1 Å². The van der Waals surface area contributed by atoms with Crippen LogP contribution in [-0.4, -0.2) is 39.2 Å². The lowest BCUT2D eigenvalue weighted by atomic mass is 10.2. The molecule has 27 heavy (non-hydrogen) atoms. The van der Waals surface area contributed by atoms with E-state index in [0.29, 0.717) is 49.3 Å². The number of hydrogen-bond donors (Lipinski definition) is 2. The first-order valence-corrected chi connectivity index (χ1v) is 8.36. The number of aryl methyl sites for hydroxylation is 1. The number of hydrogen-bond acceptors (Lipinski definition) is 6. The van der Waals surface area contributed by atoms with Crippen molar-refractivity contribution < 1.29 is 23.1 Å². The summed E-state index contributed by atoms with van der Waals surface area (Å²) >= 11 is 0. The van der Waals surface area contributed by atoms with Crippen molar-refractivity contribution in [1.29, 1.82) is 0 Å². The number of halogens is 1. The third-order valence-corrected chi connectivity index (χ3v) is 3.61. The van der Waals surface area contributed by atoms with Crippen LogP contribution in [0.15, 0.2) is 38.3 Å². The number of rotatable bonds is 9. The van der Waals surface area contributed by atoms with Gasteiger partial charge >= 0.3 is 5.97 Å². The van der Waals surface area contributed by atoms with Gasteiger partial charge in [0.1, 0.15) is 29.5 Å². The quantitative estimate of drug-likeness (QED) is 0.183. The summed E-state index contributed by atoms with van der Waals surface area (Å²) in [5.41, 5.74) is 0.431. The van der Waals surface area contributed by atoms with Gasteiger partial charge in [0.15, 0.2) is 5.96 Å². The average Bonchev–Trinajstić information content (AvgIpc) is 3.29. The topological polar surface area (TPSA) is 98.2 Å². The average molecular weight is 491 g/mol. The highest BCUT2D eigenvalue weighted by Gasteiger charge is 2.15. The zero-order chi connectivity index (χ0) is 18.8. The van der Waals surface area contributed by atoms with Crippen LogP contribution < -0.4 is 10.6 Å². The van der Waals surface area contributed by atoms with E-state index in [0.717, 1.165) is 12.2 Å². The largest absolute Gasteiger partial charge is 0.467 e. The van der Waals surface area contributed by atoms with Gasteiger partial charge in [0.2, 0.25) is 0 Å². The Labute approximate surface area is 175 Å². The fourth-order valence-corrected chi connectivity index (χ4v) is 2.28. The molecule has 150 valence electrons. The summed E-state index contributed by atoms with van der Waals surface area (Å²) in [5.74, 6) is 2.22. The van der Waals surface area contributed by atoms with Crippen LogP contribution in [0.5, 0.6) is 0 Å². The molecule has 0 spiro atoms. The van der Waals surface area contributed by atoms with Crippen molar-refractivity contribution in [3.05, 3.63) is 47.3 Å². The number of carbonyl (C=O) groups is 1. The number of nitrogens with zero attached hydrogens (tertiary/aromatic N) is 1. The number of guanidine groups is 1. The molecule has 0 saturated carbocycles. The van der Waals surface area contributed by atoms with Gasteiger partial charge in [-0.05, 0) is 31.5 Å². The lowest BCUT2D eigenvalue weighted by molar-refractivity contribution is 0.0599. The molecule has 2 aromatic rings. The smallest absolute Gasteiger partial charge is 0.341 e. The van der Waals surface area contributed by atoms with Crippen molar-refractivity contribution in [1.82, 2.24) is 10.6 Å². The Morgan fingerprint density at radius 1 is 1.30 bits per heavy atom. The van der Waals surface area contributed by atoms with Crippen molar-refractivity contribution in [2.45, 2.75) is 26.5 Å². The lowest BCUT2D eigenvalue weighted by Crippen LogP contribution is -2.37. The summed E-state index contributed by atoms with van der Waals surface area (Å²) in [5, 5.41) is 6.32. The number of methoxy groups -OCH3 is 1. The van der Waals surface area contributed by atoms with Crippen molar-refractivity contribution in [3.8, 4) is 0 Å². The molecule has 9 heteroatoms. The maximum Gasteiger partial charge on any atom is 0.341 e. The van der Waals surface area contributed by atoms with E-state index in [1.54, 1.807) is 26.3 Å². The molecule has 2 heterocycles. The fourth-order valence-electron chi connectivity index (χ4n) is 2.28. The normalized spacial score (nSPS) is 11.0. The summed E-state index contributed by atoms with van der Waals surface area (Å²) in [6.45, 7) is 3.94. The molecule has 0 aliphatic carbocycles. The van der Waals surface area contributed by atoms with E-state index < -0.39 is 5.97 Å². The Hall–Kier alpha value is -2.01. The molecule has 0 aliphatic rings. The first kappa shape index (κ1) is 23.0. The molecule has 0 bridgehead atoms. The zero-order valence-corrected chi connectivity index (χ0v) is 18.1. The van der Waals surface area contributed by atoms with Crippen LogP contribution in [0.25, 0.3) is 0 Å². The maximum absolute atomic E-state index is 11.6. The highest BCUT2D eigenvalue weighted by Crippen LogP contribution is 2.15. The summed E-state index contributed by atoms with van der Waals surface area (Å²) in [4.78, 5) is 15.7. The zero-order valence-electron chi connectivity index (χ0n) is 15.7. The van der Waals surface area contributed by atoms with Crippen LogP contribution in [0.2, 0.25) is 0 Å². The van der Waals surface area contributed by atoms with Crippen LogP contribution >= 0.6 is 24.0 Å². The SMILES string of the molecule is CN=C(NCCCOCc1ccco1)NCc1cc(C(=O)OC)c(C)o1.I. The summed E-state index contributed by atoms with van der Waals surface area (Å²) in [6, 6.07) is 5.39. The predicted molar refractivity (Wildman–Crippen MR) is 111 cm³/mol. The van der Waals surface area contributed by atoms with Gasteiger partial charge in [-0.25, -0.2) is 4.79 Å². The molecule has 0 atom stereocenters. The van der Waals surface area contributed by atoms with Crippen molar-refractivity contribution in [3.63, 3.8) is 0 Å². The molecule has 0 aromatic carbocycles. The molecular formula is C18H26IN3O5. The lowest BCUT2D eigenvalue weighted by Gasteiger charge is -2.10. The number of carbonyl (C=O) groups excluding carboxylic acids is 1. The van der Waals surface area contributed by atoms with Gasteiger partial charge in [0, 0.05) is 20.2 Å². The Balaban J connectivity index is 0.00000364.